The van der Waals surface area contributed by atoms with Crippen molar-refractivity contribution in [3.63, 3.8) is 0 Å². The van der Waals surface area contributed by atoms with Crippen molar-refractivity contribution in [3.05, 3.63) is 29.8 Å². The van der Waals surface area contributed by atoms with E-state index in [1.807, 2.05) is 24.3 Å². The molecule has 0 bridgehead atoms. The lowest BCUT2D eigenvalue weighted by molar-refractivity contribution is -0.118. The molecule has 2 heteroatoms. The Hall–Kier alpha value is -1.31. The molecule has 0 aromatic heterocycles. The van der Waals surface area contributed by atoms with Crippen LogP contribution in [0.3, 0.4) is 0 Å². The van der Waals surface area contributed by atoms with Crippen LogP contribution in [-0.2, 0) is 11.2 Å². The van der Waals surface area contributed by atoms with Crippen molar-refractivity contribution in [2.45, 2.75) is 51.9 Å². The van der Waals surface area contributed by atoms with Gasteiger partial charge in [-0.25, -0.2) is 0 Å². The van der Waals surface area contributed by atoms with Crippen molar-refractivity contribution in [2.75, 3.05) is 7.11 Å². The van der Waals surface area contributed by atoms with Gasteiger partial charge in [-0.15, -0.1) is 0 Å². The Labute approximate surface area is 110 Å². The van der Waals surface area contributed by atoms with Crippen LogP contribution in [0, 0.1) is 0 Å². The van der Waals surface area contributed by atoms with Gasteiger partial charge in [-0.2, -0.15) is 0 Å². The minimum atomic E-state index is 0.333. The van der Waals surface area contributed by atoms with Crippen molar-refractivity contribution in [2.24, 2.45) is 0 Å². The monoisotopic (exact) mass is 248 g/mol. The summed E-state index contributed by atoms with van der Waals surface area (Å²) < 4.78 is 5.15. The minimum absolute atomic E-state index is 0.333. The van der Waals surface area contributed by atoms with Gasteiger partial charge < -0.3 is 4.74 Å². The lowest BCUT2D eigenvalue weighted by Gasteiger charge is -2.04. The van der Waals surface area contributed by atoms with Crippen LogP contribution in [0.4, 0.5) is 0 Å². The van der Waals surface area contributed by atoms with E-state index in [-0.39, 0.29) is 0 Å². The summed E-state index contributed by atoms with van der Waals surface area (Å²) in [6, 6.07) is 7.76. The number of Topliss-reactive ketones (excluding diaryl/α,β-unsaturated/α-hetero) is 1. The van der Waals surface area contributed by atoms with Crippen LogP contribution in [0.1, 0.15) is 51.0 Å². The minimum Gasteiger partial charge on any atom is -0.497 e. The number of hydrogen-bond acceptors (Lipinski definition) is 2. The Morgan fingerprint density at radius 2 is 1.94 bits per heavy atom. The number of carbonyl (C=O) groups is 1. The number of hydrogen-bond donors (Lipinski definition) is 0. The summed E-state index contributed by atoms with van der Waals surface area (Å²) in [5.41, 5.74) is 1.05. The molecule has 0 saturated heterocycles. The Morgan fingerprint density at radius 3 is 2.67 bits per heavy atom. The van der Waals surface area contributed by atoms with Gasteiger partial charge in [-0.05, 0) is 24.1 Å². The fraction of sp³-hybridized carbons (Fsp3) is 0.562. The summed E-state index contributed by atoms with van der Waals surface area (Å²) in [6.45, 7) is 2.20. The third-order valence-corrected chi connectivity index (χ3v) is 3.09. The molecule has 0 aliphatic rings. The Bertz CT molecular complexity index is 358. The summed E-state index contributed by atoms with van der Waals surface area (Å²) in [5, 5.41) is 0. The third-order valence-electron chi connectivity index (χ3n) is 3.09. The molecule has 0 atom stereocenters. The molecular formula is C16H24O2. The second kappa shape index (κ2) is 8.73. The molecule has 0 heterocycles. The molecule has 0 spiro atoms. The van der Waals surface area contributed by atoms with Gasteiger partial charge in [-0.3, -0.25) is 4.79 Å². The highest BCUT2D eigenvalue weighted by Crippen LogP contribution is 2.14. The van der Waals surface area contributed by atoms with Gasteiger partial charge in [0.1, 0.15) is 11.5 Å². The van der Waals surface area contributed by atoms with Gasteiger partial charge in [0.2, 0.25) is 0 Å². The molecule has 2 nitrogen and oxygen atoms in total. The molecule has 0 fully saturated rings. The van der Waals surface area contributed by atoms with Crippen LogP contribution in [0.15, 0.2) is 24.3 Å². The van der Waals surface area contributed by atoms with E-state index in [1.165, 1.54) is 25.7 Å². The van der Waals surface area contributed by atoms with Crippen LogP contribution >= 0.6 is 0 Å². The summed E-state index contributed by atoms with van der Waals surface area (Å²) >= 11 is 0. The third kappa shape index (κ3) is 5.85. The average Bonchev–Trinajstić information content (AvgIpc) is 2.38. The second-order valence-electron chi connectivity index (χ2n) is 4.73. The molecule has 0 amide bonds. The van der Waals surface area contributed by atoms with Gasteiger partial charge >= 0.3 is 0 Å². The van der Waals surface area contributed by atoms with E-state index < -0.39 is 0 Å². The summed E-state index contributed by atoms with van der Waals surface area (Å²) in [4.78, 5) is 11.8. The first-order valence-electron chi connectivity index (χ1n) is 6.91. The largest absolute Gasteiger partial charge is 0.497 e. The Morgan fingerprint density at radius 1 is 1.17 bits per heavy atom. The molecule has 0 radical (unpaired) electrons. The lowest BCUT2D eigenvalue weighted by atomic mass is 10.0. The summed E-state index contributed by atoms with van der Waals surface area (Å²) in [6.07, 6.45) is 7.23. The maximum atomic E-state index is 11.8. The fourth-order valence-electron chi connectivity index (χ4n) is 2.02. The van der Waals surface area contributed by atoms with E-state index >= 15 is 0 Å². The topological polar surface area (TPSA) is 26.3 Å². The van der Waals surface area contributed by atoms with Crippen LogP contribution < -0.4 is 4.74 Å². The maximum absolute atomic E-state index is 11.8. The lowest BCUT2D eigenvalue weighted by Crippen LogP contribution is -2.02. The van der Waals surface area contributed by atoms with Crippen molar-refractivity contribution >= 4 is 5.78 Å². The first kappa shape index (κ1) is 14.7. The van der Waals surface area contributed by atoms with Crippen molar-refractivity contribution < 1.29 is 9.53 Å². The predicted molar refractivity (Wildman–Crippen MR) is 75.1 cm³/mol. The standard InChI is InChI=1S/C16H24O2/c1-3-4-5-6-7-10-15(17)12-14-9-8-11-16(13-14)18-2/h8-9,11,13H,3-7,10,12H2,1-2H3. The van der Waals surface area contributed by atoms with Gasteiger partial charge in [0.05, 0.1) is 7.11 Å². The smallest absolute Gasteiger partial charge is 0.137 e. The highest BCUT2D eigenvalue weighted by atomic mass is 16.5. The molecular weight excluding hydrogens is 224 g/mol. The van der Waals surface area contributed by atoms with E-state index in [0.29, 0.717) is 18.6 Å². The molecule has 18 heavy (non-hydrogen) atoms. The highest BCUT2D eigenvalue weighted by Gasteiger charge is 2.04. The van der Waals surface area contributed by atoms with Crippen molar-refractivity contribution in [1.82, 2.24) is 0 Å². The number of benzene rings is 1. The summed E-state index contributed by atoms with van der Waals surface area (Å²) in [5.74, 6) is 1.16. The van der Waals surface area contributed by atoms with E-state index in [1.54, 1.807) is 7.11 Å². The molecule has 1 aromatic rings. The number of rotatable bonds is 9. The predicted octanol–water partition coefficient (Wildman–Crippen LogP) is 4.17. The molecule has 0 aliphatic heterocycles. The van der Waals surface area contributed by atoms with Crippen LogP contribution in [0.5, 0.6) is 5.75 Å². The molecule has 0 N–H and O–H groups in total. The van der Waals surface area contributed by atoms with Gasteiger partial charge in [0.25, 0.3) is 0 Å². The number of ketones is 1. The van der Waals surface area contributed by atoms with E-state index in [9.17, 15) is 4.79 Å². The van der Waals surface area contributed by atoms with E-state index in [0.717, 1.165) is 17.7 Å². The molecule has 1 aromatic carbocycles. The van der Waals surface area contributed by atoms with E-state index in [2.05, 4.69) is 6.92 Å². The van der Waals surface area contributed by atoms with Crippen LogP contribution in [0.2, 0.25) is 0 Å². The molecule has 1 rings (SSSR count). The number of methoxy groups -OCH3 is 1. The van der Waals surface area contributed by atoms with Gasteiger partial charge in [0, 0.05) is 12.8 Å². The van der Waals surface area contributed by atoms with Crippen molar-refractivity contribution in [3.8, 4) is 5.75 Å². The summed E-state index contributed by atoms with van der Waals surface area (Å²) in [7, 11) is 1.65. The van der Waals surface area contributed by atoms with Gasteiger partial charge in [0.15, 0.2) is 0 Å². The number of carbonyl (C=O) groups excluding carboxylic acids is 1. The quantitative estimate of drug-likeness (QED) is 0.613. The Kier molecular flexibility index (Phi) is 7.16. The molecule has 0 saturated carbocycles. The van der Waals surface area contributed by atoms with Crippen LogP contribution in [-0.4, -0.2) is 12.9 Å². The SMILES string of the molecule is CCCCCCCC(=O)Cc1cccc(OC)c1. The zero-order valence-corrected chi connectivity index (χ0v) is 11.6. The normalized spacial score (nSPS) is 10.3. The average molecular weight is 248 g/mol. The van der Waals surface area contributed by atoms with Crippen LogP contribution in [0.25, 0.3) is 0 Å². The molecule has 0 aliphatic carbocycles. The van der Waals surface area contributed by atoms with E-state index in [4.69, 9.17) is 4.74 Å². The van der Waals surface area contributed by atoms with Crippen molar-refractivity contribution in [1.29, 1.82) is 0 Å². The molecule has 0 unspecified atom stereocenters. The Balaban J connectivity index is 2.26. The number of ether oxygens (including phenoxy) is 1. The number of unbranched alkanes of at least 4 members (excludes halogenated alkanes) is 4. The first-order chi connectivity index (χ1) is 8.76. The zero-order valence-electron chi connectivity index (χ0n) is 11.6. The fourth-order valence-corrected chi connectivity index (χ4v) is 2.02. The first-order valence-corrected chi connectivity index (χ1v) is 6.91. The second-order valence-corrected chi connectivity index (χ2v) is 4.73. The highest BCUT2D eigenvalue weighted by molar-refractivity contribution is 5.80. The van der Waals surface area contributed by atoms with Gasteiger partial charge in [-0.1, -0.05) is 44.7 Å². The zero-order chi connectivity index (χ0) is 13.2. The maximum Gasteiger partial charge on any atom is 0.137 e. The molecule has 100 valence electrons.